The highest BCUT2D eigenvalue weighted by molar-refractivity contribution is 5.89. The third-order valence-electron chi connectivity index (χ3n) is 1.97. The zero-order chi connectivity index (χ0) is 10.7. The van der Waals surface area contributed by atoms with Gasteiger partial charge in [0, 0.05) is 6.42 Å². The molecule has 0 bridgehead atoms. The summed E-state index contributed by atoms with van der Waals surface area (Å²) in [5, 5.41) is 8.77. The Morgan fingerprint density at radius 2 is 2.00 bits per heavy atom. The molecule has 0 radical (unpaired) electrons. The van der Waals surface area contributed by atoms with E-state index < -0.39 is 5.97 Å². The van der Waals surface area contributed by atoms with Crippen molar-refractivity contribution in [2.24, 2.45) is 0 Å². The van der Waals surface area contributed by atoms with Crippen molar-refractivity contribution in [3.8, 4) is 0 Å². The van der Waals surface area contributed by atoms with Gasteiger partial charge in [0.2, 0.25) is 0 Å². The fourth-order valence-electron chi connectivity index (χ4n) is 1.36. The van der Waals surface area contributed by atoms with Crippen molar-refractivity contribution in [1.29, 1.82) is 0 Å². The van der Waals surface area contributed by atoms with Gasteiger partial charge in [0.25, 0.3) is 0 Å². The summed E-state index contributed by atoms with van der Waals surface area (Å²) in [4.78, 5) is 21.5. The van der Waals surface area contributed by atoms with Gasteiger partial charge in [-0.2, -0.15) is 0 Å². The molecular formula is C11H12O3. The van der Waals surface area contributed by atoms with E-state index >= 15 is 0 Å². The number of rotatable bonds is 3. The molecule has 0 amide bonds. The number of carbonyl (C=O) groups is 2. The first kappa shape index (κ1) is 10.4. The van der Waals surface area contributed by atoms with Crippen molar-refractivity contribution >= 4 is 11.8 Å². The normalized spacial score (nSPS) is 9.86. The maximum atomic E-state index is 10.8. The second-order valence-corrected chi connectivity index (χ2v) is 3.33. The number of carboxylic acid groups (broad SMARTS) is 1. The number of aryl methyl sites for hydroxylation is 1. The van der Waals surface area contributed by atoms with Gasteiger partial charge in [0.15, 0.2) is 0 Å². The van der Waals surface area contributed by atoms with E-state index in [0.717, 1.165) is 5.56 Å². The monoisotopic (exact) mass is 192 g/mol. The van der Waals surface area contributed by atoms with Crippen LogP contribution in [-0.4, -0.2) is 16.9 Å². The number of carboxylic acids is 1. The van der Waals surface area contributed by atoms with Crippen molar-refractivity contribution in [3.63, 3.8) is 0 Å². The number of ketones is 1. The SMILES string of the molecule is CC(=O)Cc1ccc(C(=O)O)c(C)c1. The lowest BCUT2D eigenvalue weighted by atomic mass is 10.0. The molecule has 1 aromatic rings. The molecule has 14 heavy (non-hydrogen) atoms. The number of hydrogen-bond donors (Lipinski definition) is 1. The summed E-state index contributed by atoms with van der Waals surface area (Å²) in [7, 11) is 0. The zero-order valence-electron chi connectivity index (χ0n) is 8.20. The average molecular weight is 192 g/mol. The van der Waals surface area contributed by atoms with Crippen molar-refractivity contribution in [2.45, 2.75) is 20.3 Å². The van der Waals surface area contributed by atoms with E-state index in [9.17, 15) is 9.59 Å². The molecule has 0 saturated heterocycles. The molecule has 0 aliphatic rings. The number of aromatic carboxylic acids is 1. The second-order valence-electron chi connectivity index (χ2n) is 3.33. The first-order valence-electron chi connectivity index (χ1n) is 4.33. The van der Waals surface area contributed by atoms with Crippen LogP contribution in [0.2, 0.25) is 0 Å². The summed E-state index contributed by atoms with van der Waals surface area (Å²) >= 11 is 0. The molecule has 3 nitrogen and oxygen atoms in total. The van der Waals surface area contributed by atoms with Gasteiger partial charge in [-0.15, -0.1) is 0 Å². The summed E-state index contributed by atoms with van der Waals surface area (Å²) in [6.07, 6.45) is 0.362. The van der Waals surface area contributed by atoms with Crippen LogP contribution in [-0.2, 0) is 11.2 Å². The van der Waals surface area contributed by atoms with Crippen LogP contribution in [0.5, 0.6) is 0 Å². The summed E-state index contributed by atoms with van der Waals surface area (Å²) in [6.45, 7) is 3.24. The van der Waals surface area contributed by atoms with Crippen LogP contribution in [0.4, 0.5) is 0 Å². The largest absolute Gasteiger partial charge is 0.478 e. The number of hydrogen-bond acceptors (Lipinski definition) is 2. The molecule has 0 atom stereocenters. The van der Waals surface area contributed by atoms with Gasteiger partial charge >= 0.3 is 5.97 Å². The molecule has 1 N–H and O–H groups in total. The molecular weight excluding hydrogens is 180 g/mol. The fraction of sp³-hybridized carbons (Fsp3) is 0.273. The predicted octanol–water partition coefficient (Wildman–Crippen LogP) is 1.82. The Bertz CT molecular complexity index is 380. The van der Waals surface area contributed by atoms with Gasteiger partial charge in [-0.1, -0.05) is 12.1 Å². The van der Waals surface area contributed by atoms with E-state index in [-0.39, 0.29) is 11.3 Å². The zero-order valence-corrected chi connectivity index (χ0v) is 8.20. The molecule has 3 heteroatoms. The third-order valence-corrected chi connectivity index (χ3v) is 1.97. The van der Waals surface area contributed by atoms with Crippen LogP contribution in [0.1, 0.15) is 28.4 Å². The molecule has 0 aliphatic carbocycles. The van der Waals surface area contributed by atoms with E-state index in [1.807, 2.05) is 0 Å². The average Bonchev–Trinajstić information content (AvgIpc) is 2.01. The van der Waals surface area contributed by atoms with Crippen LogP contribution in [0, 0.1) is 6.92 Å². The van der Waals surface area contributed by atoms with Crippen LogP contribution in [0.3, 0.4) is 0 Å². The Kier molecular flexibility index (Phi) is 3.02. The first-order valence-corrected chi connectivity index (χ1v) is 4.33. The highest BCUT2D eigenvalue weighted by atomic mass is 16.4. The van der Waals surface area contributed by atoms with Gasteiger partial charge < -0.3 is 5.11 Å². The maximum absolute atomic E-state index is 10.8. The quantitative estimate of drug-likeness (QED) is 0.794. The van der Waals surface area contributed by atoms with Crippen molar-refractivity contribution in [2.75, 3.05) is 0 Å². The molecule has 0 aromatic heterocycles. The van der Waals surface area contributed by atoms with E-state index in [1.165, 1.54) is 13.0 Å². The molecule has 0 heterocycles. The Labute approximate surface area is 82.4 Å². The van der Waals surface area contributed by atoms with Crippen LogP contribution >= 0.6 is 0 Å². The predicted molar refractivity (Wildman–Crippen MR) is 52.5 cm³/mol. The van der Waals surface area contributed by atoms with Crippen molar-refractivity contribution < 1.29 is 14.7 Å². The van der Waals surface area contributed by atoms with Crippen LogP contribution in [0.25, 0.3) is 0 Å². The summed E-state index contributed by atoms with van der Waals surface area (Å²) in [6, 6.07) is 4.96. The van der Waals surface area contributed by atoms with Gasteiger partial charge in [-0.05, 0) is 31.0 Å². The molecule has 0 fully saturated rings. The Morgan fingerprint density at radius 1 is 1.36 bits per heavy atom. The highest BCUT2D eigenvalue weighted by Gasteiger charge is 2.07. The van der Waals surface area contributed by atoms with Gasteiger partial charge in [0.05, 0.1) is 5.56 Å². The minimum Gasteiger partial charge on any atom is -0.478 e. The Hall–Kier alpha value is -1.64. The van der Waals surface area contributed by atoms with Crippen molar-refractivity contribution in [1.82, 2.24) is 0 Å². The number of Topliss-reactive ketones (excluding diaryl/α,β-unsaturated/α-hetero) is 1. The van der Waals surface area contributed by atoms with Gasteiger partial charge in [0.1, 0.15) is 5.78 Å². The first-order chi connectivity index (χ1) is 6.50. The lowest BCUT2D eigenvalue weighted by Gasteiger charge is -2.03. The highest BCUT2D eigenvalue weighted by Crippen LogP contribution is 2.11. The number of carbonyl (C=O) groups excluding carboxylic acids is 1. The molecule has 0 spiro atoms. The molecule has 74 valence electrons. The summed E-state index contributed by atoms with van der Waals surface area (Å²) < 4.78 is 0. The maximum Gasteiger partial charge on any atom is 0.335 e. The minimum absolute atomic E-state index is 0.0764. The number of benzene rings is 1. The summed E-state index contributed by atoms with van der Waals surface area (Å²) in [5.41, 5.74) is 1.84. The topological polar surface area (TPSA) is 54.4 Å². The Balaban J connectivity index is 3.00. The van der Waals surface area contributed by atoms with E-state index in [4.69, 9.17) is 5.11 Å². The van der Waals surface area contributed by atoms with E-state index in [2.05, 4.69) is 0 Å². The van der Waals surface area contributed by atoms with Crippen LogP contribution in [0.15, 0.2) is 18.2 Å². The molecule has 1 aromatic carbocycles. The standard InChI is InChI=1S/C11H12O3/c1-7-5-9(6-8(2)12)3-4-10(7)11(13)14/h3-5H,6H2,1-2H3,(H,13,14). The molecule has 1 rings (SSSR count). The van der Waals surface area contributed by atoms with Crippen molar-refractivity contribution in [3.05, 3.63) is 34.9 Å². The molecule has 0 unspecified atom stereocenters. The van der Waals surface area contributed by atoms with E-state index in [0.29, 0.717) is 12.0 Å². The van der Waals surface area contributed by atoms with E-state index in [1.54, 1.807) is 19.1 Å². The lowest BCUT2D eigenvalue weighted by molar-refractivity contribution is -0.116. The molecule has 0 saturated carbocycles. The summed E-state index contributed by atoms with van der Waals surface area (Å²) in [5.74, 6) is -0.857. The lowest BCUT2D eigenvalue weighted by Crippen LogP contribution is -2.02. The van der Waals surface area contributed by atoms with Gasteiger partial charge in [-0.3, -0.25) is 4.79 Å². The van der Waals surface area contributed by atoms with Gasteiger partial charge in [-0.25, -0.2) is 4.79 Å². The Morgan fingerprint density at radius 3 is 2.43 bits per heavy atom. The third kappa shape index (κ3) is 2.42. The second kappa shape index (κ2) is 4.05. The minimum atomic E-state index is -0.933. The molecule has 0 aliphatic heterocycles. The fourth-order valence-corrected chi connectivity index (χ4v) is 1.36. The smallest absolute Gasteiger partial charge is 0.335 e. The van der Waals surface area contributed by atoms with Crippen LogP contribution < -0.4 is 0 Å².